The number of hydrogen-bond acceptors (Lipinski definition) is 3. The van der Waals surface area contributed by atoms with Crippen molar-refractivity contribution in [2.45, 2.75) is 116 Å². The molecule has 1 unspecified atom stereocenters. The quantitative estimate of drug-likeness (QED) is 0.256. The first-order chi connectivity index (χ1) is 11.4. The second-order valence-electron chi connectivity index (χ2n) is 8.24. The fourth-order valence-electron chi connectivity index (χ4n) is 4.27. The van der Waals surface area contributed by atoms with E-state index < -0.39 is 7.28 Å². The predicted octanol–water partition coefficient (Wildman–Crippen LogP) is 6.15. The monoisotopic (exact) mass is 362 g/mol. The molecule has 0 amide bonds. The number of rotatable bonds is 14. The molecule has 1 aliphatic rings. The molecule has 0 saturated heterocycles. The van der Waals surface area contributed by atoms with Crippen molar-refractivity contribution in [1.82, 2.24) is 0 Å². The molecular weight excluding hydrogens is 319 g/mol. The van der Waals surface area contributed by atoms with Crippen LogP contribution in [0.25, 0.3) is 0 Å². The van der Waals surface area contributed by atoms with Crippen molar-refractivity contribution in [2.24, 2.45) is 5.92 Å². The topological polar surface area (TPSA) is 60.7 Å². The van der Waals surface area contributed by atoms with Crippen molar-refractivity contribution >= 4 is 7.28 Å². The molecule has 1 rings (SSSR count). The minimum absolute atomic E-state index is 0.214. The third-order valence-corrected chi connectivity index (χ3v) is 9.14. The van der Waals surface area contributed by atoms with Crippen molar-refractivity contribution in [3.8, 4) is 0 Å². The number of hydrogen-bond donors (Lipinski definition) is 3. The summed E-state index contributed by atoms with van der Waals surface area (Å²) >= 11 is 0. The van der Waals surface area contributed by atoms with Gasteiger partial charge in [0.05, 0.1) is 0 Å². The molecule has 0 spiro atoms. The summed E-state index contributed by atoms with van der Waals surface area (Å²) < 4.78 is 0. The summed E-state index contributed by atoms with van der Waals surface area (Å²) in [6.45, 7) is 4.31. The summed E-state index contributed by atoms with van der Waals surface area (Å²) in [5.74, 6) is 0.841. The molecule has 0 aliphatic heterocycles. The zero-order valence-corrected chi connectivity index (χ0v) is 17.2. The van der Waals surface area contributed by atoms with E-state index in [9.17, 15) is 14.7 Å². The maximum atomic E-state index is 10.8. The molecule has 0 radical (unpaired) electrons. The van der Waals surface area contributed by atoms with Gasteiger partial charge in [0.1, 0.15) is 0 Å². The van der Waals surface area contributed by atoms with Gasteiger partial charge < -0.3 is 0 Å². The van der Waals surface area contributed by atoms with E-state index in [1.54, 1.807) is 0 Å². The molecule has 1 atom stereocenters. The molecule has 1 saturated carbocycles. The van der Waals surface area contributed by atoms with Crippen molar-refractivity contribution in [2.75, 3.05) is 6.16 Å². The van der Waals surface area contributed by atoms with Crippen LogP contribution in [0.3, 0.4) is 0 Å². The second-order valence-corrected chi connectivity index (χ2v) is 11.9. The van der Waals surface area contributed by atoms with Crippen LogP contribution < -0.4 is 0 Å². The normalized spacial score (nSPS) is 19.3. The van der Waals surface area contributed by atoms with Gasteiger partial charge in [0, 0.05) is 0 Å². The van der Waals surface area contributed by atoms with Crippen molar-refractivity contribution < 1.29 is 14.7 Å². The fourth-order valence-corrected chi connectivity index (χ4v) is 6.89. The van der Waals surface area contributed by atoms with E-state index in [-0.39, 0.29) is 11.8 Å². The first kappa shape index (κ1) is 22.4. The first-order valence-corrected chi connectivity index (χ1v) is 13.0. The summed E-state index contributed by atoms with van der Waals surface area (Å²) in [7, 11) is -4.49. The van der Waals surface area contributed by atoms with Gasteiger partial charge >= 0.3 is 150 Å². The minimum atomic E-state index is -4.49. The Morgan fingerprint density at radius 2 is 1.38 bits per heavy atom. The fraction of sp³-hybridized carbons (Fsp3) is 1.00. The van der Waals surface area contributed by atoms with Crippen LogP contribution in [0.4, 0.5) is 0 Å². The Hall–Kier alpha value is 0.310. The van der Waals surface area contributed by atoms with Gasteiger partial charge in [0.15, 0.2) is 0 Å². The Balaban J connectivity index is 2.52. The Morgan fingerprint density at radius 1 is 0.792 bits per heavy atom. The summed E-state index contributed by atoms with van der Waals surface area (Å²) in [4.78, 5) is 32.3. The molecule has 3 nitrogen and oxygen atoms in total. The molecule has 0 aromatic carbocycles. The summed E-state index contributed by atoms with van der Waals surface area (Å²) in [5, 5.41) is 0. The molecule has 0 aromatic rings. The molecule has 1 aliphatic carbocycles. The van der Waals surface area contributed by atoms with Gasteiger partial charge in [0.2, 0.25) is 0 Å². The van der Waals surface area contributed by atoms with E-state index in [4.69, 9.17) is 0 Å². The van der Waals surface area contributed by atoms with Crippen LogP contribution in [0.5, 0.6) is 0 Å². The van der Waals surface area contributed by atoms with Crippen molar-refractivity contribution in [3.63, 3.8) is 0 Å². The molecule has 0 heterocycles. The van der Waals surface area contributed by atoms with Gasteiger partial charge in [0.25, 0.3) is 0 Å². The van der Waals surface area contributed by atoms with E-state index in [1.165, 1.54) is 32.1 Å². The van der Waals surface area contributed by atoms with E-state index in [0.717, 1.165) is 70.1 Å². The van der Waals surface area contributed by atoms with Crippen LogP contribution in [0, 0.1) is 5.92 Å². The van der Waals surface area contributed by atoms with E-state index >= 15 is 0 Å². The zero-order chi connectivity index (χ0) is 17.9. The van der Waals surface area contributed by atoms with Gasteiger partial charge in [-0.25, -0.2) is 0 Å². The molecule has 4 heteroatoms. The molecular formula is C20H43O3P. The average Bonchev–Trinajstić information content (AvgIpc) is 3.03. The molecule has 0 bridgehead atoms. The van der Waals surface area contributed by atoms with Gasteiger partial charge in [-0.05, 0) is 0 Å². The first-order valence-electron chi connectivity index (χ1n) is 10.6. The Bertz CT molecular complexity index is 319. The number of unbranched alkanes of at least 4 members (excludes halogenated alkanes) is 5. The van der Waals surface area contributed by atoms with Crippen LogP contribution in [-0.2, 0) is 0 Å². The van der Waals surface area contributed by atoms with Crippen LogP contribution in [0.2, 0.25) is 0 Å². The zero-order valence-electron chi connectivity index (χ0n) is 16.3. The molecule has 146 valence electrons. The third kappa shape index (κ3) is 8.61. The van der Waals surface area contributed by atoms with Gasteiger partial charge in [-0.15, -0.1) is 0 Å². The van der Waals surface area contributed by atoms with Gasteiger partial charge in [-0.2, -0.15) is 0 Å². The Labute approximate surface area is 150 Å². The Morgan fingerprint density at radius 3 is 2.00 bits per heavy atom. The summed E-state index contributed by atoms with van der Waals surface area (Å²) in [6.07, 6.45) is 16.6. The summed E-state index contributed by atoms with van der Waals surface area (Å²) in [5.41, 5.74) is -0.287. The van der Waals surface area contributed by atoms with Gasteiger partial charge in [-0.3, -0.25) is 0 Å². The van der Waals surface area contributed by atoms with Gasteiger partial charge in [-0.1, -0.05) is 0 Å². The van der Waals surface area contributed by atoms with E-state index in [0.29, 0.717) is 0 Å². The molecule has 24 heavy (non-hydrogen) atoms. The molecule has 1 fully saturated rings. The molecule has 3 N–H and O–H groups in total. The van der Waals surface area contributed by atoms with Crippen LogP contribution in [-0.4, -0.2) is 26.5 Å². The van der Waals surface area contributed by atoms with Crippen LogP contribution in [0.1, 0.15) is 110 Å². The summed E-state index contributed by atoms with van der Waals surface area (Å²) in [6, 6.07) is 0. The third-order valence-electron chi connectivity index (χ3n) is 5.95. The molecule has 0 aromatic heterocycles. The average molecular weight is 363 g/mol. The Kier molecular flexibility index (Phi) is 10.4. The second kappa shape index (κ2) is 11.1. The van der Waals surface area contributed by atoms with E-state index in [2.05, 4.69) is 13.8 Å². The maximum absolute atomic E-state index is 10.8. The van der Waals surface area contributed by atoms with Crippen LogP contribution >= 0.6 is 7.28 Å². The SMILES string of the molecule is CCCCCCP(O)(O)(O)C(CCCCC)CCCC1CCCC1. The van der Waals surface area contributed by atoms with Crippen LogP contribution in [0.15, 0.2) is 0 Å². The van der Waals surface area contributed by atoms with Crippen molar-refractivity contribution in [1.29, 1.82) is 0 Å². The van der Waals surface area contributed by atoms with Crippen molar-refractivity contribution in [3.05, 3.63) is 0 Å². The standard InChI is InChI=1S/C20H43O3P/c1-3-5-7-11-18-24(21,22,23)20(16-8-6-4-2)17-12-15-19-13-9-10-14-19/h19-23H,3-18H2,1-2H3. The van der Waals surface area contributed by atoms with E-state index in [1.807, 2.05) is 0 Å². The predicted molar refractivity (Wildman–Crippen MR) is 106 cm³/mol.